The average molecular weight is 702 g/mol. The van der Waals surface area contributed by atoms with E-state index in [-0.39, 0.29) is 18.1 Å². The number of fused-ring (bicyclic) bond motifs is 1. The fraction of sp³-hybridized carbons (Fsp3) is 0.114. The van der Waals surface area contributed by atoms with Gasteiger partial charge in [-0.25, -0.2) is 9.48 Å². The minimum atomic E-state index is -3.11. The molecule has 0 N–H and O–H groups in total. The molecule has 260 valence electrons. The normalized spacial score (nSPS) is 13.3. The van der Waals surface area contributed by atoms with Crippen molar-refractivity contribution < 1.29 is 21.1 Å². The number of nitrogens with zero attached hydrogens (tertiary/aromatic N) is 6. The zero-order chi connectivity index (χ0) is 40.5. The standard InChI is InChI=1S/C44H36N6O3/c1-3-53-43-45-39-25-15-24-38(42(51)52-2)40(39)49(43)30-31-26-28-32(29-27-31)36-22-13-14-23-37(36)41-46-47-48-50(41)44(33-16-7-4-8-17-33,34-18-9-5-10-19-34)35-20-11-6-12-21-35/h4-29H,3,30H2,1-2H3/i1D3,3D2. The van der Waals surface area contributed by atoms with Crippen LogP contribution in [0, 0.1) is 0 Å². The minimum Gasteiger partial charge on any atom is -0.465 e. The molecule has 0 aliphatic heterocycles. The van der Waals surface area contributed by atoms with Gasteiger partial charge in [0.1, 0.15) is 5.54 Å². The Kier molecular flexibility index (Phi) is 7.55. The van der Waals surface area contributed by atoms with Crippen LogP contribution in [0.5, 0.6) is 6.01 Å². The van der Waals surface area contributed by atoms with Crippen molar-refractivity contribution in [3.63, 3.8) is 0 Å². The second kappa shape index (κ2) is 14.4. The summed E-state index contributed by atoms with van der Waals surface area (Å²) in [4.78, 5) is 17.3. The average Bonchev–Trinajstić information content (AvgIpc) is 3.87. The minimum absolute atomic E-state index is 0.0604. The topological polar surface area (TPSA) is 97.0 Å². The van der Waals surface area contributed by atoms with Gasteiger partial charge in [0.05, 0.1) is 39.6 Å². The fourth-order valence-electron chi connectivity index (χ4n) is 7.10. The SMILES string of the molecule is [2H]C([2H])([2H])C([2H])([2H])Oc1nc2cccc(C(=O)OC)c2n1Cc1ccc(-c2ccccc2-c2nnnn2C(c2ccccc2)(c2ccccc2)c2ccccc2)cc1. The number of tetrazole rings is 1. The van der Waals surface area contributed by atoms with E-state index < -0.39 is 24.9 Å². The molecule has 0 atom stereocenters. The first-order valence-electron chi connectivity index (χ1n) is 19.4. The summed E-state index contributed by atoms with van der Waals surface area (Å²) in [6.07, 6.45) is 0. The first-order chi connectivity index (χ1) is 28.0. The molecule has 0 saturated carbocycles. The Morgan fingerprint density at radius 3 is 1.94 bits per heavy atom. The van der Waals surface area contributed by atoms with E-state index in [1.54, 1.807) is 18.2 Å². The molecule has 0 bridgehead atoms. The number of aromatic nitrogens is 6. The molecule has 9 nitrogen and oxygen atoms in total. The Morgan fingerprint density at radius 2 is 1.34 bits per heavy atom. The second-order valence-electron chi connectivity index (χ2n) is 12.3. The highest BCUT2D eigenvalue weighted by Gasteiger charge is 2.42. The predicted octanol–water partition coefficient (Wildman–Crippen LogP) is 8.43. The Labute approximate surface area is 314 Å². The number of carbonyl (C=O) groups excluding carboxylic acids is 1. The van der Waals surface area contributed by atoms with Crippen molar-refractivity contribution >= 4 is 17.0 Å². The van der Waals surface area contributed by atoms with Crippen LogP contribution in [0.1, 0.15) is 46.3 Å². The maximum Gasteiger partial charge on any atom is 0.340 e. The lowest BCUT2D eigenvalue weighted by atomic mass is 9.77. The molecule has 0 aliphatic carbocycles. The summed E-state index contributed by atoms with van der Waals surface area (Å²) in [5, 5.41) is 13.7. The molecular weight excluding hydrogens is 661 g/mol. The second-order valence-corrected chi connectivity index (χ2v) is 12.3. The molecule has 0 fully saturated rings. The molecule has 2 heterocycles. The molecule has 53 heavy (non-hydrogen) atoms. The molecule has 0 radical (unpaired) electrons. The number of imidazole rings is 1. The molecule has 0 spiro atoms. The van der Waals surface area contributed by atoms with Gasteiger partial charge in [-0.1, -0.05) is 146 Å². The quantitative estimate of drug-likeness (QED) is 0.0987. The summed E-state index contributed by atoms with van der Waals surface area (Å²) in [5.41, 5.74) is 6.00. The van der Waals surface area contributed by atoms with Crippen LogP contribution in [-0.2, 0) is 16.8 Å². The lowest BCUT2D eigenvalue weighted by Crippen LogP contribution is -2.39. The highest BCUT2D eigenvalue weighted by atomic mass is 16.5. The lowest BCUT2D eigenvalue weighted by Gasteiger charge is -2.36. The van der Waals surface area contributed by atoms with Gasteiger partial charge in [-0.15, -0.1) is 5.10 Å². The molecule has 2 aromatic heterocycles. The van der Waals surface area contributed by atoms with Crippen molar-refractivity contribution in [2.24, 2.45) is 0 Å². The van der Waals surface area contributed by atoms with Crippen LogP contribution in [0.2, 0.25) is 0 Å². The van der Waals surface area contributed by atoms with E-state index in [2.05, 4.69) is 51.7 Å². The molecule has 0 saturated heterocycles. The summed E-state index contributed by atoms with van der Waals surface area (Å²) in [7, 11) is 1.26. The third-order valence-electron chi connectivity index (χ3n) is 9.41. The number of ether oxygens (including phenoxy) is 2. The van der Waals surface area contributed by atoms with Crippen molar-refractivity contribution in [2.75, 3.05) is 13.7 Å². The predicted molar refractivity (Wildman–Crippen MR) is 205 cm³/mol. The Bertz CT molecular complexity index is 2610. The highest BCUT2D eigenvalue weighted by molar-refractivity contribution is 6.02. The Balaban J connectivity index is 1.23. The van der Waals surface area contributed by atoms with Crippen LogP contribution in [0.4, 0.5) is 0 Å². The summed E-state index contributed by atoms with van der Waals surface area (Å²) < 4.78 is 53.3. The van der Waals surface area contributed by atoms with E-state index in [9.17, 15) is 4.79 Å². The van der Waals surface area contributed by atoms with Gasteiger partial charge in [0, 0.05) is 9.68 Å². The number of methoxy groups -OCH3 is 1. The van der Waals surface area contributed by atoms with E-state index in [1.807, 2.05) is 108 Å². The van der Waals surface area contributed by atoms with E-state index in [0.29, 0.717) is 16.9 Å². The molecule has 0 amide bonds. The number of para-hydroxylation sites is 1. The number of carbonyl (C=O) groups is 1. The van der Waals surface area contributed by atoms with Gasteiger partial charge in [-0.3, -0.25) is 4.57 Å². The lowest BCUT2D eigenvalue weighted by molar-refractivity contribution is 0.0602. The molecule has 0 unspecified atom stereocenters. The van der Waals surface area contributed by atoms with E-state index in [0.717, 1.165) is 38.9 Å². The number of hydrogen-bond acceptors (Lipinski definition) is 7. The number of esters is 1. The smallest absolute Gasteiger partial charge is 0.340 e. The van der Waals surface area contributed by atoms with Gasteiger partial charge in [0.25, 0.3) is 6.01 Å². The maximum absolute atomic E-state index is 12.9. The first kappa shape index (κ1) is 27.8. The molecular formula is C44H36N6O3. The van der Waals surface area contributed by atoms with Gasteiger partial charge in [0.2, 0.25) is 0 Å². The largest absolute Gasteiger partial charge is 0.465 e. The summed E-state index contributed by atoms with van der Waals surface area (Å²) in [6.45, 7) is -6.12. The van der Waals surface area contributed by atoms with Crippen LogP contribution in [0.25, 0.3) is 33.5 Å². The maximum atomic E-state index is 12.9. The van der Waals surface area contributed by atoms with Gasteiger partial charge < -0.3 is 9.47 Å². The highest BCUT2D eigenvalue weighted by Crippen LogP contribution is 2.43. The summed E-state index contributed by atoms with van der Waals surface area (Å²) in [5.74, 6) is -0.0935. The van der Waals surface area contributed by atoms with Gasteiger partial charge in [0.15, 0.2) is 5.82 Å². The summed E-state index contributed by atoms with van der Waals surface area (Å²) in [6, 6.07) is 50.6. The number of benzene rings is 6. The van der Waals surface area contributed by atoms with Gasteiger partial charge in [-0.2, -0.15) is 4.98 Å². The van der Waals surface area contributed by atoms with Crippen molar-refractivity contribution in [1.29, 1.82) is 0 Å². The number of rotatable bonds is 11. The molecule has 9 heteroatoms. The molecule has 6 aromatic carbocycles. The van der Waals surface area contributed by atoms with E-state index >= 15 is 0 Å². The molecule has 8 rings (SSSR count). The zero-order valence-corrected chi connectivity index (χ0v) is 28.6. The molecule has 0 aliphatic rings. The van der Waals surface area contributed by atoms with Gasteiger partial charge >= 0.3 is 5.97 Å². The van der Waals surface area contributed by atoms with Crippen LogP contribution in [-0.4, -0.2) is 49.4 Å². The van der Waals surface area contributed by atoms with E-state index in [1.165, 1.54) is 11.7 Å². The fourth-order valence-corrected chi connectivity index (χ4v) is 7.10. The van der Waals surface area contributed by atoms with Crippen molar-refractivity contribution in [3.05, 3.63) is 186 Å². The Hall–Kier alpha value is -6.87. The van der Waals surface area contributed by atoms with Crippen LogP contribution >= 0.6 is 0 Å². The monoisotopic (exact) mass is 701 g/mol. The van der Waals surface area contributed by atoms with Gasteiger partial charge in [-0.05, 0) is 62.8 Å². The Morgan fingerprint density at radius 1 is 0.736 bits per heavy atom. The van der Waals surface area contributed by atoms with Crippen LogP contribution in [0.15, 0.2) is 158 Å². The first-order valence-corrected chi connectivity index (χ1v) is 16.9. The molecule has 8 aromatic rings. The number of hydrogen-bond donors (Lipinski definition) is 0. The van der Waals surface area contributed by atoms with Crippen molar-refractivity contribution in [2.45, 2.75) is 18.9 Å². The third-order valence-corrected chi connectivity index (χ3v) is 9.41. The van der Waals surface area contributed by atoms with E-state index in [4.69, 9.17) is 21.5 Å². The van der Waals surface area contributed by atoms with Crippen molar-refractivity contribution in [1.82, 2.24) is 29.8 Å². The summed E-state index contributed by atoms with van der Waals surface area (Å²) >= 11 is 0. The third kappa shape index (κ3) is 5.92. The van der Waals surface area contributed by atoms with Crippen LogP contribution < -0.4 is 4.74 Å². The zero-order valence-electron chi connectivity index (χ0n) is 33.6. The van der Waals surface area contributed by atoms with Crippen molar-refractivity contribution in [3.8, 4) is 28.5 Å². The van der Waals surface area contributed by atoms with Crippen LogP contribution in [0.3, 0.4) is 0 Å².